The average molecular weight is 485 g/mol. The molecule has 1 N–H and O–H groups in total. The maximum Gasteiger partial charge on any atom is 0.243 e. The number of unbranched alkanes of at least 4 members (excludes halogenated alkanes) is 2. The third kappa shape index (κ3) is 9.83. The molecule has 4 amide bonds. The Morgan fingerprint density at radius 2 is 1.85 bits per heavy atom. The molecule has 0 spiro atoms. The van der Waals surface area contributed by atoms with Crippen molar-refractivity contribution in [3.8, 4) is 0 Å². The van der Waals surface area contributed by atoms with E-state index in [-0.39, 0.29) is 54.2 Å². The minimum atomic E-state index is -0.635. The van der Waals surface area contributed by atoms with E-state index < -0.39 is 6.04 Å². The lowest BCUT2D eigenvalue weighted by molar-refractivity contribution is -0.140. The van der Waals surface area contributed by atoms with Gasteiger partial charge in [0, 0.05) is 26.4 Å². The van der Waals surface area contributed by atoms with Crippen molar-refractivity contribution in [2.45, 2.75) is 63.7 Å². The predicted octanol–water partition coefficient (Wildman–Crippen LogP) is 1.16. The SMILES string of the molecule is CC(C)C(C(=O)NCC=O)N(C)C(=O)CCCCCN1C(=O)CC(SCCCN(C)C)C1=O. The average Bonchev–Trinajstić information content (AvgIpc) is 3.01. The minimum absolute atomic E-state index is 0.0759. The second kappa shape index (κ2) is 15.1. The second-order valence-corrected chi connectivity index (χ2v) is 10.3. The highest BCUT2D eigenvalue weighted by atomic mass is 32.2. The summed E-state index contributed by atoms with van der Waals surface area (Å²) in [6.45, 7) is 4.98. The molecule has 1 aliphatic rings. The Balaban J connectivity index is 2.37. The summed E-state index contributed by atoms with van der Waals surface area (Å²) in [7, 11) is 5.63. The van der Waals surface area contributed by atoms with Gasteiger partial charge in [-0.1, -0.05) is 20.3 Å². The van der Waals surface area contributed by atoms with Crippen molar-refractivity contribution >= 4 is 41.7 Å². The molecule has 9 nitrogen and oxygen atoms in total. The summed E-state index contributed by atoms with van der Waals surface area (Å²) >= 11 is 1.56. The number of nitrogens with zero attached hydrogens (tertiary/aromatic N) is 3. The first-order chi connectivity index (χ1) is 15.6. The fourth-order valence-corrected chi connectivity index (χ4v) is 4.96. The quantitative estimate of drug-likeness (QED) is 0.199. The van der Waals surface area contributed by atoms with Gasteiger partial charge in [-0.15, -0.1) is 11.8 Å². The Morgan fingerprint density at radius 3 is 2.45 bits per heavy atom. The number of amides is 4. The first-order valence-corrected chi connectivity index (χ1v) is 12.7. The van der Waals surface area contributed by atoms with E-state index in [0.717, 1.165) is 18.7 Å². The number of hydrogen-bond donors (Lipinski definition) is 1. The summed E-state index contributed by atoms with van der Waals surface area (Å²) in [6, 6.07) is -0.635. The standard InChI is InChI=1S/C23H40N4O5S/c1-17(2)21(22(31)24-11-14-28)26(5)19(29)10-7-6-8-13-27-20(30)16-18(23(27)32)33-15-9-12-25(3)4/h14,17-18,21H,6-13,15-16H2,1-5H3,(H,24,31). The van der Waals surface area contributed by atoms with Crippen molar-refractivity contribution in [2.24, 2.45) is 5.92 Å². The third-order valence-corrected chi connectivity index (χ3v) is 6.91. The largest absolute Gasteiger partial charge is 0.348 e. The topological polar surface area (TPSA) is 107 Å². The van der Waals surface area contributed by atoms with E-state index in [9.17, 15) is 24.0 Å². The molecule has 0 aromatic heterocycles. The first kappa shape index (κ1) is 29.1. The Bertz CT molecular complexity index is 686. The van der Waals surface area contributed by atoms with E-state index in [2.05, 4.69) is 10.2 Å². The van der Waals surface area contributed by atoms with Crippen molar-refractivity contribution < 1.29 is 24.0 Å². The van der Waals surface area contributed by atoms with Gasteiger partial charge in [0.2, 0.25) is 23.6 Å². The highest BCUT2D eigenvalue weighted by Gasteiger charge is 2.38. The Morgan fingerprint density at radius 1 is 1.15 bits per heavy atom. The minimum Gasteiger partial charge on any atom is -0.348 e. The van der Waals surface area contributed by atoms with Crippen LogP contribution in [0.2, 0.25) is 0 Å². The molecule has 1 aliphatic heterocycles. The molecular formula is C23H40N4O5S. The molecule has 1 rings (SSSR count). The molecule has 188 valence electrons. The van der Waals surface area contributed by atoms with Crippen molar-refractivity contribution in [3.05, 3.63) is 0 Å². The van der Waals surface area contributed by atoms with Crippen LogP contribution in [0.4, 0.5) is 0 Å². The van der Waals surface area contributed by atoms with Gasteiger partial charge in [0.05, 0.1) is 11.8 Å². The number of carbonyl (C=O) groups is 5. The number of hydrogen-bond acceptors (Lipinski definition) is 7. The van der Waals surface area contributed by atoms with Crippen LogP contribution >= 0.6 is 11.8 Å². The van der Waals surface area contributed by atoms with Gasteiger partial charge in [0.25, 0.3) is 0 Å². The van der Waals surface area contributed by atoms with Crippen LogP contribution in [-0.2, 0) is 24.0 Å². The van der Waals surface area contributed by atoms with Crippen LogP contribution in [0.15, 0.2) is 0 Å². The molecule has 0 radical (unpaired) electrons. The molecule has 1 fully saturated rings. The fourth-order valence-electron chi connectivity index (χ4n) is 3.85. The molecule has 1 heterocycles. The number of aldehydes is 1. The lowest BCUT2D eigenvalue weighted by atomic mass is 10.0. The number of nitrogens with one attached hydrogen (secondary N) is 1. The number of imide groups is 1. The van der Waals surface area contributed by atoms with Crippen molar-refractivity contribution in [2.75, 3.05) is 46.5 Å². The first-order valence-electron chi connectivity index (χ1n) is 11.7. The summed E-state index contributed by atoms with van der Waals surface area (Å²) in [5.74, 6) is 0.0847. The van der Waals surface area contributed by atoms with E-state index in [4.69, 9.17) is 0 Å². The molecule has 33 heavy (non-hydrogen) atoms. The third-order valence-electron chi connectivity index (χ3n) is 5.61. The van der Waals surface area contributed by atoms with Gasteiger partial charge < -0.3 is 19.9 Å². The van der Waals surface area contributed by atoms with E-state index in [1.807, 2.05) is 27.9 Å². The maximum atomic E-state index is 12.6. The molecule has 2 unspecified atom stereocenters. The molecule has 0 aliphatic carbocycles. The molecule has 0 saturated carbocycles. The predicted molar refractivity (Wildman–Crippen MR) is 130 cm³/mol. The van der Waals surface area contributed by atoms with Gasteiger partial charge in [-0.3, -0.25) is 24.1 Å². The number of thioether (sulfide) groups is 1. The normalized spacial score (nSPS) is 17.1. The molecular weight excluding hydrogens is 444 g/mol. The summed E-state index contributed by atoms with van der Waals surface area (Å²) < 4.78 is 0. The number of likely N-dealkylation sites (N-methyl/N-ethyl adjacent to an activating group) is 1. The summed E-state index contributed by atoms with van der Waals surface area (Å²) in [5.41, 5.74) is 0. The molecule has 0 aromatic rings. The zero-order valence-electron chi connectivity index (χ0n) is 20.7. The lowest BCUT2D eigenvalue weighted by Gasteiger charge is -2.30. The number of carbonyl (C=O) groups excluding carboxylic acids is 5. The monoisotopic (exact) mass is 484 g/mol. The van der Waals surface area contributed by atoms with Crippen molar-refractivity contribution in [1.29, 1.82) is 0 Å². The molecule has 2 atom stereocenters. The fraction of sp³-hybridized carbons (Fsp3) is 0.783. The molecule has 0 bridgehead atoms. The smallest absolute Gasteiger partial charge is 0.243 e. The van der Waals surface area contributed by atoms with Crippen LogP contribution in [0.1, 0.15) is 52.4 Å². The lowest BCUT2D eigenvalue weighted by Crippen LogP contribution is -2.50. The van der Waals surface area contributed by atoms with Crippen LogP contribution in [0.25, 0.3) is 0 Å². The zero-order valence-corrected chi connectivity index (χ0v) is 21.5. The highest BCUT2D eigenvalue weighted by Crippen LogP contribution is 2.26. The molecule has 0 aromatic carbocycles. The second-order valence-electron chi connectivity index (χ2n) is 9.02. The Labute approximate surface area is 202 Å². The van der Waals surface area contributed by atoms with Gasteiger partial charge >= 0.3 is 0 Å². The summed E-state index contributed by atoms with van der Waals surface area (Å²) in [6.07, 6.45) is 4.13. The van der Waals surface area contributed by atoms with Gasteiger partial charge in [-0.25, -0.2) is 0 Å². The van der Waals surface area contributed by atoms with Crippen molar-refractivity contribution in [1.82, 2.24) is 20.0 Å². The van der Waals surface area contributed by atoms with E-state index in [0.29, 0.717) is 32.1 Å². The maximum absolute atomic E-state index is 12.6. The van der Waals surface area contributed by atoms with Crippen LogP contribution < -0.4 is 5.32 Å². The van der Waals surface area contributed by atoms with E-state index >= 15 is 0 Å². The molecule has 1 saturated heterocycles. The zero-order chi connectivity index (χ0) is 25.0. The van der Waals surface area contributed by atoms with Crippen molar-refractivity contribution in [3.63, 3.8) is 0 Å². The number of rotatable bonds is 16. The van der Waals surface area contributed by atoms with Gasteiger partial charge in [-0.05, 0) is 51.6 Å². The Hall–Kier alpha value is -1.94. The van der Waals surface area contributed by atoms with Crippen LogP contribution in [0.5, 0.6) is 0 Å². The number of likely N-dealkylation sites (tertiary alicyclic amines) is 1. The summed E-state index contributed by atoms with van der Waals surface area (Å²) in [5, 5.41) is 2.25. The van der Waals surface area contributed by atoms with Gasteiger partial charge in [0.1, 0.15) is 12.3 Å². The van der Waals surface area contributed by atoms with Crippen LogP contribution in [0, 0.1) is 5.92 Å². The van der Waals surface area contributed by atoms with Gasteiger partial charge in [0.15, 0.2) is 0 Å². The van der Waals surface area contributed by atoms with Crippen LogP contribution in [0.3, 0.4) is 0 Å². The Kier molecular flexibility index (Phi) is 13.3. The van der Waals surface area contributed by atoms with E-state index in [1.165, 1.54) is 9.80 Å². The molecule has 10 heteroatoms. The summed E-state index contributed by atoms with van der Waals surface area (Å²) in [4.78, 5) is 65.0. The van der Waals surface area contributed by atoms with Crippen LogP contribution in [-0.4, -0.2) is 102 Å². The van der Waals surface area contributed by atoms with Gasteiger partial charge in [-0.2, -0.15) is 0 Å². The van der Waals surface area contributed by atoms with E-state index in [1.54, 1.807) is 18.8 Å². The highest BCUT2D eigenvalue weighted by molar-refractivity contribution is 8.00.